The molecule has 1 N–H and O–H groups in total. The molecule has 1 amide bonds. The number of hydrogen-bond acceptors (Lipinski definition) is 5. The van der Waals surface area contributed by atoms with Crippen molar-refractivity contribution in [2.75, 3.05) is 10.8 Å². The second-order valence-corrected chi connectivity index (χ2v) is 11.1. The highest BCUT2D eigenvalue weighted by Crippen LogP contribution is 2.25. The lowest BCUT2D eigenvalue weighted by molar-refractivity contribution is -0.119. The van der Waals surface area contributed by atoms with Crippen molar-refractivity contribution in [2.45, 2.75) is 25.3 Å². The molecule has 0 aliphatic heterocycles. The number of para-hydroxylation sites is 1. The van der Waals surface area contributed by atoms with Crippen LogP contribution < -0.4 is 14.5 Å². The van der Waals surface area contributed by atoms with E-state index in [1.54, 1.807) is 54.6 Å². The fourth-order valence-corrected chi connectivity index (χ4v) is 5.28. The van der Waals surface area contributed by atoms with Gasteiger partial charge in [0, 0.05) is 10.6 Å². The Morgan fingerprint density at radius 2 is 1.62 bits per heavy atom. The van der Waals surface area contributed by atoms with E-state index in [0.717, 1.165) is 21.0 Å². The van der Waals surface area contributed by atoms with Crippen LogP contribution in [-0.2, 0) is 21.4 Å². The highest BCUT2D eigenvalue weighted by atomic mass is 35.5. The third-order valence-electron chi connectivity index (χ3n) is 6.02. The molecule has 0 unspecified atom stereocenters. The summed E-state index contributed by atoms with van der Waals surface area (Å²) in [6.07, 6.45) is 1.46. The van der Waals surface area contributed by atoms with Crippen LogP contribution >= 0.6 is 11.6 Å². The molecule has 200 valence electrons. The molecule has 0 saturated heterocycles. The van der Waals surface area contributed by atoms with Crippen LogP contribution in [0.15, 0.2) is 107 Å². The number of hydrogen-bond donors (Lipinski definition) is 1. The molecule has 9 heteroatoms. The summed E-state index contributed by atoms with van der Waals surface area (Å²) in [5.74, 6) is -0.0163. The fraction of sp³-hybridized carbons (Fsp3) is 0.133. The zero-order valence-corrected chi connectivity index (χ0v) is 23.1. The molecule has 4 aromatic carbocycles. The van der Waals surface area contributed by atoms with Gasteiger partial charge in [0.15, 0.2) is 0 Å². The first kappa shape index (κ1) is 27.9. The van der Waals surface area contributed by atoms with Gasteiger partial charge in [-0.25, -0.2) is 13.8 Å². The minimum Gasteiger partial charge on any atom is -0.488 e. The van der Waals surface area contributed by atoms with Crippen LogP contribution in [0.4, 0.5) is 5.69 Å². The zero-order chi connectivity index (χ0) is 27.8. The summed E-state index contributed by atoms with van der Waals surface area (Å²) < 4.78 is 34.0. The van der Waals surface area contributed by atoms with Crippen LogP contribution in [-0.4, -0.2) is 27.1 Å². The number of nitrogens with one attached hydrogen (secondary N) is 1. The van der Waals surface area contributed by atoms with Crippen molar-refractivity contribution in [1.82, 2.24) is 5.43 Å². The number of benzene rings is 4. The average Bonchev–Trinajstić information content (AvgIpc) is 2.94. The van der Waals surface area contributed by atoms with Crippen LogP contribution in [0, 0.1) is 13.8 Å². The van der Waals surface area contributed by atoms with Crippen molar-refractivity contribution < 1.29 is 17.9 Å². The van der Waals surface area contributed by atoms with Crippen LogP contribution in [0.3, 0.4) is 0 Å². The van der Waals surface area contributed by atoms with Gasteiger partial charge >= 0.3 is 0 Å². The number of nitrogens with zero attached hydrogens (tertiary/aromatic N) is 2. The molecule has 7 nitrogen and oxygen atoms in total. The zero-order valence-electron chi connectivity index (χ0n) is 21.5. The Morgan fingerprint density at radius 3 is 2.33 bits per heavy atom. The summed E-state index contributed by atoms with van der Waals surface area (Å²) in [5.41, 5.74) is 6.36. The first-order valence-electron chi connectivity index (χ1n) is 12.2. The lowest BCUT2D eigenvalue weighted by Gasteiger charge is -2.24. The quantitative estimate of drug-likeness (QED) is 0.193. The summed E-state index contributed by atoms with van der Waals surface area (Å²) in [5, 5.41) is 4.71. The van der Waals surface area contributed by atoms with Crippen LogP contribution in [0.5, 0.6) is 5.75 Å². The highest BCUT2D eigenvalue weighted by molar-refractivity contribution is 7.92. The summed E-state index contributed by atoms with van der Waals surface area (Å²) in [4.78, 5) is 13.0. The van der Waals surface area contributed by atoms with Crippen LogP contribution in [0.2, 0.25) is 5.02 Å². The van der Waals surface area contributed by atoms with Gasteiger partial charge in [-0.3, -0.25) is 9.10 Å². The van der Waals surface area contributed by atoms with Gasteiger partial charge in [0.25, 0.3) is 15.9 Å². The van der Waals surface area contributed by atoms with Crippen molar-refractivity contribution in [2.24, 2.45) is 5.10 Å². The number of rotatable bonds is 10. The van der Waals surface area contributed by atoms with Crippen molar-refractivity contribution in [1.29, 1.82) is 0 Å². The number of amides is 1. The Labute approximate surface area is 233 Å². The van der Waals surface area contributed by atoms with Crippen molar-refractivity contribution in [3.63, 3.8) is 0 Å². The number of ether oxygens (including phenoxy) is 1. The Hall–Kier alpha value is -4.14. The largest absolute Gasteiger partial charge is 0.488 e. The van der Waals surface area contributed by atoms with Crippen molar-refractivity contribution in [3.05, 3.63) is 124 Å². The molecule has 0 saturated carbocycles. The van der Waals surface area contributed by atoms with Gasteiger partial charge in [-0.2, -0.15) is 5.10 Å². The third-order valence-corrected chi connectivity index (χ3v) is 8.06. The van der Waals surface area contributed by atoms with Crippen molar-refractivity contribution in [3.8, 4) is 5.75 Å². The molecule has 4 aromatic rings. The Bertz CT molecular complexity index is 1570. The Kier molecular flexibility index (Phi) is 9.01. The van der Waals surface area contributed by atoms with E-state index >= 15 is 0 Å². The van der Waals surface area contributed by atoms with E-state index < -0.39 is 22.5 Å². The number of anilines is 1. The summed E-state index contributed by atoms with van der Waals surface area (Å²) in [7, 11) is -4.01. The number of carbonyl (C=O) groups is 1. The monoisotopic (exact) mass is 561 g/mol. The second kappa shape index (κ2) is 12.6. The Morgan fingerprint density at radius 1 is 0.923 bits per heavy atom. The standard InChI is InChI=1S/C30H28ClN3O4S/c1-22-12-17-27(18-23(22)2)34(39(36,37)28-9-4-3-5-10-28)20-30(35)33-32-19-25-8-6-7-11-29(25)38-21-24-13-15-26(31)16-14-24/h3-19H,20-21H2,1-2H3,(H,33,35). The first-order chi connectivity index (χ1) is 18.7. The van der Waals surface area contributed by atoms with Crippen LogP contribution in [0.25, 0.3) is 0 Å². The number of carbonyl (C=O) groups excluding carboxylic acids is 1. The molecule has 0 radical (unpaired) electrons. The normalized spacial score (nSPS) is 11.4. The second-order valence-electron chi connectivity index (χ2n) is 8.84. The summed E-state index contributed by atoms with van der Waals surface area (Å²) in [6, 6.07) is 27.9. The predicted octanol–water partition coefficient (Wildman–Crippen LogP) is 5.88. The van der Waals surface area contributed by atoms with Gasteiger partial charge in [0.1, 0.15) is 18.9 Å². The van der Waals surface area contributed by atoms with E-state index in [-0.39, 0.29) is 4.90 Å². The maximum absolute atomic E-state index is 13.5. The number of sulfonamides is 1. The van der Waals surface area contributed by atoms with E-state index in [0.29, 0.717) is 28.6 Å². The molecule has 0 atom stereocenters. The molecule has 4 rings (SSSR count). The molecule has 0 bridgehead atoms. The molecule has 0 aromatic heterocycles. The van der Waals surface area contributed by atoms with Gasteiger partial charge in [-0.05, 0) is 79.1 Å². The molecule has 0 aliphatic carbocycles. The van der Waals surface area contributed by atoms with E-state index in [1.807, 2.05) is 44.2 Å². The van der Waals surface area contributed by atoms with Gasteiger partial charge in [0.2, 0.25) is 0 Å². The lowest BCUT2D eigenvalue weighted by atomic mass is 10.1. The van der Waals surface area contributed by atoms with Crippen molar-refractivity contribution >= 4 is 39.4 Å². The maximum Gasteiger partial charge on any atom is 0.264 e. The molecule has 0 heterocycles. The fourth-order valence-electron chi connectivity index (χ4n) is 3.72. The van der Waals surface area contributed by atoms with Crippen LogP contribution in [0.1, 0.15) is 22.3 Å². The minimum atomic E-state index is -4.01. The minimum absolute atomic E-state index is 0.0892. The molecule has 0 aliphatic rings. The number of halogens is 1. The Balaban J connectivity index is 1.49. The maximum atomic E-state index is 13.5. The van der Waals surface area contributed by atoms with Gasteiger partial charge < -0.3 is 4.74 Å². The van der Waals surface area contributed by atoms with Gasteiger partial charge in [0.05, 0.1) is 16.8 Å². The van der Waals surface area contributed by atoms with E-state index in [2.05, 4.69) is 10.5 Å². The van der Waals surface area contributed by atoms with E-state index in [1.165, 1.54) is 18.3 Å². The third kappa shape index (κ3) is 7.25. The molecule has 0 fully saturated rings. The average molecular weight is 562 g/mol. The lowest BCUT2D eigenvalue weighted by Crippen LogP contribution is -2.39. The molecular weight excluding hydrogens is 534 g/mol. The summed E-state index contributed by atoms with van der Waals surface area (Å²) >= 11 is 5.94. The predicted molar refractivity (Wildman–Crippen MR) is 155 cm³/mol. The molecule has 0 spiro atoms. The smallest absolute Gasteiger partial charge is 0.264 e. The SMILES string of the molecule is Cc1ccc(N(CC(=O)NN=Cc2ccccc2OCc2ccc(Cl)cc2)S(=O)(=O)c2ccccc2)cc1C. The number of aryl methyl sites for hydroxylation is 2. The molecular formula is C30H28ClN3O4S. The summed E-state index contributed by atoms with van der Waals surface area (Å²) in [6.45, 7) is 3.71. The van der Waals surface area contributed by atoms with Gasteiger partial charge in [-0.15, -0.1) is 0 Å². The van der Waals surface area contributed by atoms with E-state index in [4.69, 9.17) is 16.3 Å². The topological polar surface area (TPSA) is 88.1 Å². The van der Waals surface area contributed by atoms with Gasteiger partial charge in [-0.1, -0.05) is 60.1 Å². The van der Waals surface area contributed by atoms with E-state index in [9.17, 15) is 13.2 Å². The highest BCUT2D eigenvalue weighted by Gasteiger charge is 2.27. The molecule has 39 heavy (non-hydrogen) atoms. The first-order valence-corrected chi connectivity index (χ1v) is 14.0. The number of hydrazone groups is 1.